The molecule has 0 unspecified atom stereocenters. The predicted octanol–water partition coefficient (Wildman–Crippen LogP) is 1.62. The fourth-order valence-corrected chi connectivity index (χ4v) is 2.02. The number of aromatic nitrogens is 1. The summed E-state index contributed by atoms with van der Waals surface area (Å²) >= 11 is 0. The van der Waals surface area contributed by atoms with Crippen LogP contribution in [-0.2, 0) is 6.54 Å². The van der Waals surface area contributed by atoms with Crippen molar-refractivity contribution < 1.29 is 14.6 Å². The molecular weight excluding hydrogens is 260 g/mol. The normalized spacial score (nSPS) is 10.2. The van der Waals surface area contributed by atoms with Gasteiger partial charge in [0, 0.05) is 11.5 Å². The summed E-state index contributed by atoms with van der Waals surface area (Å²) in [6.45, 7) is 1.96. The van der Waals surface area contributed by atoms with E-state index in [0.717, 1.165) is 0 Å². The zero-order valence-electron chi connectivity index (χ0n) is 10.8. The Balaban J connectivity index is 2.86. The standard InChI is InChI=1S/C14H12N2O4/c1-2-20-11-8-10(14(18)19)7-9-3-4-12(17)16(6-5-15)13(9)11/h3-4,7-8H,2,6H2,1H3,(H,18,19). The molecule has 0 spiro atoms. The second kappa shape index (κ2) is 5.45. The molecule has 0 fully saturated rings. The fraction of sp³-hybridized carbons (Fsp3) is 0.214. The van der Waals surface area contributed by atoms with Crippen molar-refractivity contribution in [2.24, 2.45) is 0 Å². The van der Waals surface area contributed by atoms with Gasteiger partial charge in [-0.2, -0.15) is 5.26 Å². The Kier molecular flexibility index (Phi) is 3.71. The van der Waals surface area contributed by atoms with E-state index in [2.05, 4.69) is 0 Å². The molecule has 0 saturated carbocycles. The van der Waals surface area contributed by atoms with Crippen LogP contribution in [0.1, 0.15) is 17.3 Å². The van der Waals surface area contributed by atoms with Crippen molar-refractivity contribution in [3.63, 3.8) is 0 Å². The second-order valence-corrected chi connectivity index (χ2v) is 4.07. The molecule has 1 aromatic heterocycles. The van der Waals surface area contributed by atoms with Crippen LogP contribution in [0.5, 0.6) is 5.75 Å². The monoisotopic (exact) mass is 272 g/mol. The Morgan fingerprint density at radius 1 is 1.45 bits per heavy atom. The number of carboxylic acid groups (broad SMARTS) is 1. The number of fused-ring (bicyclic) bond motifs is 1. The van der Waals surface area contributed by atoms with Crippen molar-refractivity contribution in [3.05, 3.63) is 40.2 Å². The average molecular weight is 272 g/mol. The van der Waals surface area contributed by atoms with Gasteiger partial charge in [0.15, 0.2) is 0 Å². The highest BCUT2D eigenvalue weighted by Crippen LogP contribution is 2.27. The maximum atomic E-state index is 11.8. The first-order chi connectivity index (χ1) is 9.58. The molecule has 0 saturated heterocycles. The highest BCUT2D eigenvalue weighted by Gasteiger charge is 2.14. The first-order valence-electron chi connectivity index (χ1n) is 5.99. The Morgan fingerprint density at radius 2 is 2.20 bits per heavy atom. The number of carboxylic acids is 1. The van der Waals surface area contributed by atoms with Gasteiger partial charge < -0.3 is 9.84 Å². The summed E-state index contributed by atoms with van der Waals surface area (Å²) in [5.41, 5.74) is 0.178. The molecule has 1 aromatic carbocycles. The van der Waals surface area contributed by atoms with E-state index >= 15 is 0 Å². The van der Waals surface area contributed by atoms with E-state index in [1.54, 1.807) is 6.92 Å². The van der Waals surface area contributed by atoms with Gasteiger partial charge in [-0.3, -0.25) is 9.36 Å². The van der Waals surface area contributed by atoms with E-state index in [4.69, 9.17) is 15.1 Å². The van der Waals surface area contributed by atoms with E-state index in [0.29, 0.717) is 17.5 Å². The van der Waals surface area contributed by atoms with Crippen LogP contribution in [0.3, 0.4) is 0 Å². The van der Waals surface area contributed by atoms with E-state index in [-0.39, 0.29) is 23.4 Å². The molecule has 2 aromatic rings. The van der Waals surface area contributed by atoms with Crippen molar-refractivity contribution in [1.29, 1.82) is 5.26 Å². The minimum absolute atomic E-state index is 0.0723. The lowest BCUT2D eigenvalue weighted by Crippen LogP contribution is -2.19. The molecule has 6 nitrogen and oxygen atoms in total. The lowest BCUT2D eigenvalue weighted by molar-refractivity contribution is 0.0696. The van der Waals surface area contributed by atoms with E-state index in [1.165, 1.54) is 28.8 Å². The smallest absolute Gasteiger partial charge is 0.335 e. The van der Waals surface area contributed by atoms with Crippen molar-refractivity contribution in [3.8, 4) is 11.8 Å². The topological polar surface area (TPSA) is 92.3 Å². The summed E-state index contributed by atoms with van der Waals surface area (Å²) in [6, 6.07) is 7.56. The molecule has 1 N–H and O–H groups in total. The average Bonchev–Trinajstić information content (AvgIpc) is 2.42. The van der Waals surface area contributed by atoms with Gasteiger partial charge in [0.25, 0.3) is 5.56 Å². The summed E-state index contributed by atoms with van der Waals surface area (Å²) in [5.74, 6) is -0.791. The minimum atomic E-state index is -1.08. The molecule has 2 rings (SSSR count). The predicted molar refractivity (Wildman–Crippen MR) is 71.9 cm³/mol. The van der Waals surface area contributed by atoms with Gasteiger partial charge in [-0.15, -0.1) is 0 Å². The molecule has 1 heterocycles. The highest BCUT2D eigenvalue weighted by atomic mass is 16.5. The molecule has 0 bridgehead atoms. The van der Waals surface area contributed by atoms with Gasteiger partial charge >= 0.3 is 5.97 Å². The molecule has 0 aliphatic rings. The Morgan fingerprint density at radius 3 is 2.80 bits per heavy atom. The van der Waals surface area contributed by atoms with E-state index < -0.39 is 5.97 Å². The van der Waals surface area contributed by atoms with Gasteiger partial charge in [0.05, 0.1) is 23.8 Å². The van der Waals surface area contributed by atoms with Crippen LogP contribution < -0.4 is 10.3 Å². The molecule has 6 heteroatoms. The fourth-order valence-electron chi connectivity index (χ4n) is 2.02. The number of pyridine rings is 1. The van der Waals surface area contributed by atoms with Crippen LogP contribution in [0.15, 0.2) is 29.1 Å². The molecule has 0 radical (unpaired) electrons. The molecular formula is C14H12N2O4. The zero-order chi connectivity index (χ0) is 14.7. The maximum absolute atomic E-state index is 11.8. The Hall–Kier alpha value is -2.81. The lowest BCUT2D eigenvalue weighted by Gasteiger charge is -2.13. The number of hydrogen-bond donors (Lipinski definition) is 1. The largest absolute Gasteiger partial charge is 0.492 e. The van der Waals surface area contributed by atoms with Crippen molar-refractivity contribution in [1.82, 2.24) is 4.57 Å². The summed E-state index contributed by atoms with van der Waals surface area (Å²) in [7, 11) is 0. The Labute approximate surface area is 114 Å². The maximum Gasteiger partial charge on any atom is 0.335 e. The molecule has 20 heavy (non-hydrogen) atoms. The van der Waals surface area contributed by atoms with Crippen LogP contribution in [0.4, 0.5) is 0 Å². The second-order valence-electron chi connectivity index (χ2n) is 4.07. The number of rotatable bonds is 4. The number of nitriles is 1. The minimum Gasteiger partial charge on any atom is -0.492 e. The van der Waals surface area contributed by atoms with Crippen LogP contribution in [-0.4, -0.2) is 22.2 Å². The van der Waals surface area contributed by atoms with Gasteiger partial charge in [0.1, 0.15) is 12.3 Å². The summed E-state index contributed by atoms with van der Waals surface area (Å²) in [5, 5.41) is 18.5. The van der Waals surface area contributed by atoms with Crippen LogP contribution >= 0.6 is 0 Å². The highest BCUT2D eigenvalue weighted by molar-refractivity contribution is 5.96. The van der Waals surface area contributed by atoms with Crippen LogP contribution in [0.2, 0.25) is 0 Å². The van der Waals surface area contributed by atoms with Crippen molar-refractivity contribution >= 4 is 16.9 Å². The summed E-state index contributed by atoms with van der Waals surface area (Å²) in [4.78, 5) is 22.9. The number of aromatic carboxylic acids is 1. The first-order valence-corrected chi connectivity index (χ1v) is 5.99. The van der Waals surface area contributed by atoms with E-state index in [9.17, 15) is 9.59 Å². The third-order valence-electron chi connectivity index (χ3n) is 2.82. The molecule has 0 aliphatic heterocycles. The van der Waals surface area contributed by atoms with Gasteiger partial charge in [-0.05, 0) is 25.1 Å². The first kappa shape index (κ1) is 13.6. The number of nitrogens with zero attached hydrogens (tertiary/aromatic N) is 2. The van der Waals surface area contributed by atoms with Gasteiger partial charge in [-0.1, -0.05) is 0 Å². The number of ether oxygens (including phenoxy) is 1. The zero-order valence-corrected chi connectivity index (χ0v) is 10.8. The SMILES string of the molecule is CCOc1cc(C(=O)O)cc2ccc(=O)n(CC#N)c12. The number of benzene rings is 1. The quantitative estimate of drug-likeness (QED) is 0.913. The van der Waals surface area contributed by atoms with Crippen LogP contribution in [0, 0.1) is 11.3 Å². The lowest BCUT2D eigenvalue weighted by atomic mass is 10.1. The summed E-state index contributed by atoms with van der Waals surface area (Å²) < 4.78 is 6.69. The molecule has 0 aliphatic carbocycles. The Bertz CT molecular complexity index is 771. The molecule has 102 valence electrons. The molecule has 0 amide bonds. The van der Waals surface area contributed by atoms with E-state index in [1.807, 2.05) is 6.07 Å². The number of carbonyl (C=O) groups is 1. The van der Waals surface area contributed by atoms with Crippen molar-refractivity contribution in [2.75, 3.05) is 6.61 Å². The molecule has 0 atom stereocenters. The van der Waals surface area contributed by atoms with Gasteiger partial charge in [-0.25, -0.2) is 4.79 Å². The van der Waals surface area contributed by atoms with Crippen LogP contribution in [0.25, 0.3) is 10.9 Å². The summed E-state index contributed by atoms with van der Waals surface area (Å²) in [6.07, 6.45) is 0. The third-order valence-corrected chi connectivity index (χ3v) is 2.82. The third kappa shape index (κ3) is 2.34. The van der Waals surface area contributed by atoms with Gasteiger partial charge in [0.2, 0.25) is 0 Å². The van der Waals surface area contributed by atoms with Crippen molar-refractivity contribution in [2.45, 2.75) is 13.5 Å². The number of hydrogen-bond acceptors (Lipinski definition) is 4.